The highest BCUT2D eigenvalue weighted by molar-refractivity contribution is 5.90. The number of aromatic nitrogens is 1. The third kappa shape index (κ3) is 5.60. The third-order valence-corrected chi connectivity index (χ3v) is 4.71. The highest BCUT2D eigenvalue weighted by Crippen LogP contribution is 2.21. The van der Waals surface area contributed by atoms with E-state index in [1.807, 2.05) is 66.9 Å². The number of nitrogens with zero attached hydrogens (tertiary/aromatic N) is 2. The molecule has 0 atom stereocenters. The van der Waals surface area contributed by atoms with Crippen LogP contribution in [0.3, 0.4) is 0 Å². The highest BCUT2D eigenvalue weighted by Gasteiger charge is 2.12. The molecule has 7 heteroatoms. The number of anilines is 1. The van der Waals surface area contributed by atoms with Crippen molar-refractivity contribution in [3.05, 3.63) is 83.2 Å². The van der Waals surface area contributed by atoms with Crippen LogP contribution in [0.5, 0.6) is 0 Å². The van der Waals surface area contributed by atoms with Crippen molar-refractivity contribution < 1.29 is 14.3 Å². The number of nitrogens with one attached hydrogen (secondary N) is 2. The first-order chi connectivity index (χ1) is 15.0. The minimum absolute atomic E-state index is 0.126. The molecule has 3 aromatic rings. The third-order valence-electron chi connectivity index (χ3n) is 4.71. The number of benzene rings is 2. The van der Waals surface area contributed by atoms with E-state index in [1.54, 1.807) is 25.3 Å². The molecule has 2 N–H and O–H groups in total. The quantitative estimate of drug-likeness (QED) is 0.331. The van der Waals surface area contributed by atoms with Crippen LogP contribution in [0.2, 0.25) is 0 Å². The molecule has 0 unspecified atom stereocenters. The second kappa shape index (κ2) is 10.2. The summed E-state index contributed by atoms with van der Waals surface area (Å²) < 4.78 is 7.12. The number of ether oxygens (including phenoxy) is 1. The minimum Gasteiger partial charge on any atom is -0.462 e. The van der Waals surface area contributed by atoms with Gasteiger partial charge in [-0.15, -0.1) is 0 Å². The van der Waals surface area contributed by atoms with E-state index in [1.165, 1.54) is 0 Å². The Morgan fingerprint density at radius 3 is 2.58 bits per heavy atom. The van der Waals surface area contributed by atoms with E-state index in [-0.39, 0.29) is 18.4 Å². The zero-order valence-corrected chi connectivity index (χ0v) is 17.9. The summed E-state index contributed by atoms with van der Waals surface area (Å²) >= 11 is 0. The first kappa shape index (κ1) is 21.8. The second-order valence-electron chi connectivity index (χ2n) is 6.95. The van der Waals surface area contributed by atoms with Crippen molar-refractivity contribution in [3.63, 3.8) is 0 Å². The lowest BCUT2D eigenvalue weighted by atomic mass is 10.2. The maximum atomic E-state index is 12.1. The van der Waals surface area contributed by atoms with Crippen LogP contribution in [-0.2, 0) is 9.53 Å². The van der Waals surface area contributed by atoms with E-state index in [0.717, 1.165) is 28.3 Å². The SMILES string of the molecule is CCOC(=O)c1cccc(-n2c(C)cc(/C=N\NC(=O)CNc3ccccc3)c2C)c1. The summed E-state index contributed by atoms with van der Waals surface area (Å²) in [4.78, 5) is 24.1. The van der Waals surface area contributed by atoms with Gasteiger partial charge in [0.15, 0.2) is 0 Å². The number of para-hydroxylation sites is 1. The van der Waals surface area contributed by atoms with Crippen molar-refractivity contribution in [2.24, 2.45) is 5.10 Å². The largest absolute Gasteiger partial charge is 0.462 e. The van der Waals surface area contributed by atoms with Gasteiger partial charge in [-0.25, -0.2) is 10.2 Å². The molecule has 160 valence electrons. The molecular formula is C24H26N4O3. The smallest absolute Gasteiger partial charge is 0.338 e. The van der Waals surface area contributed by atoms with Crippen molar-refractivity contribution in [1.82, 2.24) is 9.99 Å². The van der Waals surface area contributed by atoms with Crippen molar-refractivity contribution in [2.75, 3.05) is 18.5 Å². The number of amides is 1. The Bertz CT molecular complexity index is 1090. The topological polar surface area (TPSA) is 84.7 Å². The predicted molar refractivity (Wildman–Crippen MR) is 122 cm³/mol. The summed E-state index contributed by atoms with van der Waals surface area (Å²) in [5, 5.41) is 7.12. The number of carbonyl (C=O) groups excluding carboxylic acids is 2. The van der Waals surface area contributed by atoms with E-state index in [0.29, 0.717) is 12.2 Å². The van der Waals surface area contributed by atoms with E-state index in [2.05, 4.69) is 15.8 Å². The predicted octanol–water partition coefficient (Wildman–Crippen LogP) is 3.83. The van der Waals surface area contributed by atoms with Crippen LogP contribution in [-0.4, -0.2) is 35.8 Å². The lowest BCUT2D eigenvalue weighted by Gasteiger charge is -2.11. The molecule has 1 aromatic heterocycles. The van der Waals surface area contributed by atoms with Crippen LogP contribution in [0.4, 0.5) is 5.69 Å². The zero-order chi connectivity index (χ0) is 22.2. The number of hydrazone groups is 1. The second-order valence-corrected chi connectivity index (χ2v) is 6.95. The molecule has 0 aliphatic carbocycles. The molecule has 0 aliphatic rings. The molecule has 0 spiro atoms. The number of hydrogen-bond acceptors (Lipinski definition) is 5. The Balaban J connectivity index is 1.68. The Morgan fingerprint density at radius 1 is 1.06 bits per heavy atom. The van der Waals surface area contributed by atoms with Gasteiger partial charge in [0.1, 0.15) is 0 Å². The molecule has 0 saturated carbocycles. The van der Waals surface area contributed by atoms with Crippen LogP contribution in [0.25, 0.3) is 5.69 Å². The molecule has 31 heavy (non-hydrogen) atoms. The van der Waals surface area contributed by atoms with E-state index < -0.39 is 0 Å². The highest BCUT2D eigenvalue weighted by atomic mass is 16.5. The van der Waals surface area contributed by atoms with Crippen LogP contribution in [0.15, 0.2) is 65.8 Å². The fourth-order valence-corrected chi connectivity index (χ4v) is 3.25. The number of esters is 1. The first-order valence-corrected chi connectivity index (χ1v) is 10.1. The van der Waals surface area contributed by atoms with E-state index in [9.17, 15) is 9.59 Å². The van der Waals surface area contributed by atoms with Gasteiger partial charge in [-0.05, 0) is 57.2 Å². The lowest BCUT2D eigenvalue weighted by Crippen LogP contribution is -2.25. The minimum atomic E-state index is -0.347. The Hall–Kier alpha value is -3.87. The Morgan fingerprint density at radius 2 is 1.84 bits per heavy atom. The fraction of sp³-hybridized carbons (Fsp3) is 0.208. The van der Waals surface area contributed by atoms with E-state index >= 15 is 0 Å². The number of aryl methyl sites for hydroxylation is 1. The lowest BCUT2D eigenvalue weighted by molar-refractivity contribution is -0.119. The molecule has 0 bridgehead atoms. The van der Waals surface area contributed by atoms with Gasteiger partial charge in [0.05, 0.1) is 24.9 Å². The van der Waals surface area contributed by atoms with Gasteiger partial charge in [0.25, 0.3) is 5.91 Å². The molecular weight excluding hydrogens is 392 g/mol. The molecule has 0 fully saturated rings. The summed E-state index contributed by atoms with van der Waals surface area (Å²) in [5.74, 6) is -0.587. The van der Waals surface area contributed by atoms with Crippen molar-refractivity contribution >= 4 is 23.8 Å². The molecule has 3 rings (SSSR count). The van der Waals surface area contributed by atoms with Crippen molar-refractivity contribution in [2.45, 2.75) is 20.8 Å². The summed E-state index contributed by atoms with van der Waals surface area (Å²) in [6, 6.07) is 18.8. The van der Waals surface area contributed by atoms with Crippen LogP contribution >= 0.6 is 0 Å². The Labute approximate surface area is 181 Å². The number of rotatable bonds is 8. The fourth-order valence-electron chi connectivity index (χ4n) is 3.25. The molecule has 2 aromatic carbocycles. The van der Waals surface area contributed by atoms with Crippen LogP contribution in [0.1, 0.15) is 34.2 Å². The van der Waals surface area contributed by atoms with Gasteiger partial charge in [0, 0.05) is 28.3 Å². The van der Waals surface area contributed by atoms with Crippen molar-refractivity contribution in [3.8, 4) is 5.69 Å². The summed E-state index contributed by atoms with van der Waals surface area (Å²) in [7, 11) is 0. The average Bonchev–Trinajstić information content (AvgIpc) is 3.06. The normalized spacial score (nSPS) is 10.8. The summed E-state index contributed by atoms with van der Waals surface area (Å²) in [6.07, 6.45) is 1.62. The molecule has 0 saturated heterocycles. The summed E-state index contributed by atoms with van der Waals surface area (Å²) in [5.41, 5.74) is 7.56. The van der Waals surface area contributed by atoms with Crippen LogP contribution < -0.4 is 10.7 Å². The summed E-state index contributed by atoms with van der Waals surface area (Å²) in [6.45, 7) is 6.18. The van der Waals surface area contributed by atoms with Crippen molar-refractivity contribution in [1.29, 1.82) is 0 Å². The molecule has 0 radical (unpaired) electrons. The zero-order valence-electron chi connectivity index (χ0n) is 17.9. The van der Waals surface area contributed by atoms with Crippen LogP contribution in [0, 0.1) is 13.8 Å². The maximum absolute atomic E-state index is 12.1. The number of hydrogen-bond donors (Lipinski definition) is 2. The van der Waals surface area contributed by atoms with Gasteiger partial charge in [-0.2, -0.15) is 5.10 Å². The van der Waals surface area contributed by atoms with E-state index in [4.69, 9.17) is 4.74 Å². The molecule has 1 heterocycles. The van der Waals surface area contributed by atoms with Gasteiger partial charge >= 0.3 is 5.97 Å². The maximum Gasteiger partial charge on any atom is 0.338 e. The standard InChI is InChI=1S/C24H26N4O3/c1-4-31-24(30)19-9-8-12-22(14-19)28-17(2)13-20(18(28)3)15-26-27-23(29)16-25-21-10-6-5-7-11-21/h5-15,25H,4,16H2,1-3H3,(H,27,29)/b26-15-. The molecule has 0 aliphatic heterocycles. The molecule has 1 amide bonds. The first-order valence-electron chi connectivity index (χ1n) is 10.1. The van der Waals surface area contributed by atoms with Gasteiger partial charge in [-0.1, -0.05) is 24.3 Å². The Kier molecular flexibility index (Phi) is 7.22. The van der Waals surface area contributed by atoms with Gasteiger partial charge in [-0.3, -0.25) is 4.79 Å². The molecule has 7 nitrogen and oxygen atoms in total. The monoisotopic (exact) mass is 418 g/mol. The number of carbonyl (C=O) groups is 2. The van der Waals surface area contributed by atoms with Gasteiger partial charge < -0.3 is 14.6 Å². The average molecular weight is 418 g/mol. The van der Waals surface area contributed by atoms with Gasteiger partial charge in [0.2, 0.25) is 0 Å².